The zero-order valence-corrected chi connectivity index (χ0v) is 25.4. The van der Waals surface area contributed by atoms with E-state index in [4.69, 9.17) is 11.2 Å². The van der Waals surface area contributed by atoms with Crippen LogP contribution in [0.5, 0.6) is 0 Å². The average Bonchev–Trinajstić information content (AvgIpc) is 2.92. The Morgan fingerprint density at radius 2 is 1.66 bits per heavy atom. The topological polar surface area (TPSA) is 87.7 Å². The summed E-state index contributed by atoms with van der Waals surface area (Å²) < 4.78 is 5.45. The van der Waals surface area contributed by atoms with Crippen LogP contribution in [0.3, 0.4) is 0 Å². The molecule has 0 spiro atoms. The monoisotopic (exact) mass is 573 g/mol. The average molecular weight is 574 g/mol. The molecule has 0 heterocycles. The molecule has 8 heteroatoms. The number of carbonyl (C=O) groups is 3. The summed E-state index contributed by atoms with van der Waals surface area (Å²) in [5.41, 5.74) is 1.15. The van der Waals surface area contributed by atoms with E-state index in [0.717, 1.165) is 10.8 Å². The van der Waals surface area contributed by atoms with Crippen molar-refractivity contribution in [1.82, 2.24) is 10.2 Å². The Bertz CT molecular complexity index is 1410. The van der Waals surface area contributed by atoms with Gasteiger partial charge in [-0.25, -0.2) is 4.79 Å². The second kappa shape index (κ2) is 14.1. The Morgan fingerprint density at radius 1 is 1.00 bits per heavy atom. The van der Waals surface area contributed by atoms with Crippen molar-refractivity contribution in [1.29, 1.82) is 0 Å². The van der Waals surface area contributed by atoms with Crippen LogP contribution in [0.2, 0.25) is 0 Å². The number of nitrogens with zero attached hydrogens (tertiary/aromatic N) is 1. The number of carbonyl (C=O) groups excluding carboxylic acids is 3. The second-order valence-electron chi connectivity index (χ2n) is 11.0. The van der Waals surface area contributed by atoms with Crippen molar-refractivity contribution >= 4 is 46.1 Å². The van der Waals surface area contributed by atoms with Gasteiger partial charge in [-0.3, -0.25) is 9.59 Å². The standard InChI is InChI=1S/C33H39N3O4S/c1-8-23-13-15-25(16-14-23)29(30(37)34-27-18-17-24-11-9-10-12-26(24)21-27)36(22(2)3)31(38)28(19-20-41-7)35-32(39)40-33(4,5)6/h1,9-18,21-22,28-29H,19-20H2,2-7H3,(H,34,37)(H,35,39). The molecule has 0 aliphatic heterocycles. The molecule has 3 aromatic rings. The smallest absolute Gasteiger partial charge is 0.408 e. The number of hydrogen-bond acceptors (Lipinski definition) is 5. The lowest BCUT2D eigenvalue weighted by Gasteiger charge is -2.37. The van der Waals surface area contributed by atoms with Gasteiger partial charge in [-0.15, -0.1) is 6.42 Å². The summed E-state index contributed by atoms with van der Waals surface area (Å²) in [4.78, 5) is 42.5. The Kier molecular flexibility index (Phi) is 10.8. The number of fused-ring (bicyclic) bond motifs is 1. The highest BCUT2D eigenvalue weighted by Crippen LogP contribution is 2.28. The van der Waals surface area contributed by atoms with Gasteiger partial charge in [0.1, 0.15) is 17.7 Å². The van der Waals surface area contributed by atoms with E-state index < -0.39 is 23.8 Å². The molecule has 2 atom stereocenters. The number of ether oxygens (including phenoxy) is 1. The highest BCUT2D eigenvalue weighted by Gasteiger charge is 2.37. The van der Waals surface area contributed by atoms with Crippen LogP contribution in [-0.2, 0) is 14.3 Å². The third-order valence-electron chi connectivity index (χ3n) is 6.35. The summed E-state index contributed by atoms with van der Waals surface area (Å²) >= 11 is 1.56. The number of anilines is 1. The number of rotatable bonds is 10. The van der Waals surface area contributed by atoms with E-state index in [-0.39, 0.29) is 17.9 Å². The van der Waals surface area contributed by atoms with Crippen LogP contribution in [-0.4, -0.2) is 52.5 Å². The Balaban J connectivity index is 2.01. The lowest BCUT2D eigenvalue weighted by Crippen LogP contribution is -2.54. The van der Waals surface area contributed by atoms with Gasteiger partial charge in [0.15, 0.2) is 0 Å². The van der Waals surface area contributed by atoms with Crippen molar-refractivity contribution in [2.75, 3.05) is 17.3 Å². The van der Waals surface area contributed by atoms with Crippen LogP contribution >= 0.6 is 11.8 Å². The zero-order chi connectivity index (χ0) is 30.2. The minimum atomic E-state index is -0.988. The van der Waals surface area contributed by atoms with Crippen molar-refractivity contribution in [2.24, 2.45) is 0 Å². The first-order chi connectivity index (χ1) is 19.4. The van der Waals surface area contributed by atoms with E-state index in [1.54, 1.807) is 56.8 Å². The first-order valence-corrected chi connectivity index (χ1v) is 15.0. The molecule has 0 radical (unpaired) electrons. The first-order valence-electron chi connectivity index (χ1n) is 13.6. The molecular weight excluding hydrogens is 534 g/mol. The molecule has 0 fully saturated rings. The SMILES string of the molecule is C#Cc1ccc(C(C(=O)Nc2ccc3ccccc3c2)N(C(=O)C(CCSC)NC(=O)OC(C)(C)C)C(C)C)cc1. The molecule has 3 aromatic carbocycles. The number of terminal acetylenes is 1. The van der Waals surface area contributed by atoms with Crippen LogP contribution in [0.25, 0.3) is 10.8 Å². The highest BCUT2D eigenvalue weighted by atomic mass is 32.2. The number of amides is 3. The maximum Gasteiger partial charge on any atom is 0.408 e. The van der Waals surface area contributed by atoms with E-state index in [1.807, 2.05) is 62.6 Å². The van der Waals surface area contributed by atoms with Crippen molar-refractivity contribution in [2.45, 2.75) is 64.8 Å². The molecule has 2 unspecified atom stereocenters. The lowest BCUT2D eigenvalue weighted by atomic mass is 9.99. The summed E-state index contributed by atoms with van der Waals surface area (Å²) in [5.74, 6) is 2.47. The van der Waals surface area contributed by atoms with Crippen LogP contribution in [0.15, 0.2) is 66.7 Å². The lowest BCUT2D eigenvalue weighted by molar-refractivity contribution is -0.143. The van der Waals surface area contributed by atoms with Gasteiger partial charge in [0.05, 0.1) is 0 Å². The molecular formula is C33H39N3O4S. The van der Waals surface area contributed by atoms with Gasteiger partial charge in [-0.1, -0.05) is 48.4 Å². The maximum atomic E-state index is 14.2. The third kappa shape index (κ3) is 8.76. The van der Waals surface area contributed by atoms with Gasteiger partial charge in [0.2, 0.25) is 5.91 Å². The summed E-state index contributed by atoms with van der Waals surface area (Å²) in [6.07, 6.45) is 7.19. The number of nitrogens with one attached hydrogen (secondary N) is 2. The van der Waals surface area contributed by atoms with E-state index in [0.29, 0.717) is 29.0 Å². The fourth-order valence-electron chi connectivity index (χ4n) is 4.48. The fourth-order valence-corrected chi connectivity index (χ4v) is 4.95. The van der Waals surface area contributed by atoms with Gasteiger partial charge >= 0.3 is 6.09 Å². The third-order valence-corrected chi connectivity index (χ3v) is 6.99. The summed E-state index contributed by atoms with van der Waals surface area (Å²) in [7, 11) is 0. The minimum Gasteiger partial charge on any atom is -0.444 e. The van der Waals surface area contributed by atoms with E-state index in [9.17, 15) is 14.4 Å². The normalized spacial score (nSPS) is 12.7. The van der Waals surface area contributed by atoms with Gasteiger partial charge in [-0.2, -0.15) is 11.8 Å². The molecule has 0 aliphatic carbocycles. The van der Waals surface area contributed by atoms with Crippen LogP contribution in [0, 0.1) is 12.3 Å². The van der Waals surface area contributed by atoms with Crippen molar-refractivity contribution in [3.63, 3.8) is 0 Å². The second-order valence-corrected chi connectivity index (χ2v) is 12.0. The summed E-state index contributed by atoms with van der Waals surface area (Å²) in [6, 6.07) is 18.3. The van der Waals surface area contributed by atoms with E-state index in [1.165, 1.54) is 4.90 Å². The summed E-state index contributed by atoms with van der Waals surface area (Å²) in [6.45, 7) is 8.99. The van der Waals surface area contributed by atoms with Gasteiger partial charge in [0.25, 0.3) is 5.91 Å². The van der Waals surface area contributed by atoms with Crippen LogP contribution < -0.4 is 10.6 Å². The van der Waals surface area contributed by atoms with Crippen LogP contribution in [0.4, 0.5) is 10.5 Å². The van der Waals surface area contributed by atoms with Gasteiger partial charge in [0, 0.05) is 17.3 Å². The molecule has 41 heavy (non-hydrogen) atoms. The Morgan fingerprint density at radius 3 is 2.24 bits per heavy atom. The van der Waals surface area contributed by atoms with Crippen LogP contribution in [0.1, 0.15) is 58.2 Å². The zero-order valence-electron chi connectivity index (χ0n) is 24.6. The molecule has 0 aromatic heterocycles. The Labute approximate surface area is 247 Å². The van der Waals surface area contributed by atoms with Gasteiger partial charge in [-0.05, 0) is 93.6 Å². The Hall–Kier alpha value is -3.96. The highest BCUT2D eigenvalue weighted by molar-refractivity contribution is 7.98. The van der Waals surface area contributed by atoms with E-state index in [2.05, 4.69) is 16.6 Å². The van der Waals surface area contributed by atoms with Gasteiger partial charge < -0.3 is 20.3 Å². The number of hydrogen-bond donors (Lipinski definition) is 2. The van der Waals surface area contributed by atoms with Crippen molar-refractivity contribution in [3.05, 3.63) is 77.9 Å². The molecule has 216 valence electrons. The molecule has 0 saturated carbocycles. The fraction of sp³-hybridized carbons (Fsp3) is 0.364. The quantitative estimate of drug-likeness (QED) is 0.275. The largest absolute Gasteiger partial charge is 0.444 e. The molecule has 0 aliphatic rings. The minimum absolute atomic E-state index is 0.373. The van der Waals surface area contributed by atoms with Crippen molar-refractivity contribution < 1.29 is 19.1 Å². The molecule has 0 bridgehead atoms. The number of thioether (sulfide) groups is 1. The molecule has 7 nitrogen and oxygen atoms in total. The maximum absolute atomic E-state index is 14.2. The molecule has 3 amide bonds. The predicted octanol–water partition coefficient (Wildman–Crippen LogP) is 6.38. The van der Waals surface area contributed by atoms with E-state index >= 15 is 0 Å². The predicted molar refractivity (Wildman–Crippen MR) is 168 cm³/mol. The molecule has 0 saturated heterocycles. The van der Waals surface area contributed by atoms with Crippen molar-refractivity contribution in [3.8, 4) is 12.3 Å². The molecule has 3 rings (SSSR count). The number of alkyl carbamates (subject to hydrolysis) is 1. The number of benzene rings is 3. The molecule has 2 N–H and O–H groups in total. The first kappa shape index (κ1) is 31.6. The summed E-state index contributed by atoms with van der Waals surface area (Å²) in [5, 5.41) is 7.80.